The average molecular weight is 1860 g/mol. The molecule has 47 heavy (non-hydrogen) atoms. The van der Waals surface area contributed by atoms with Gasteiger partial charge in [-0.3, -0.25) is 0 Å². The molecule has 4 aliphatic heterocycles. The van der Waals surface area contributed by atoms with E-state index >= 15 is 0 Å². The maximum atomic E-state index is 2.32. The van der Waals surface area contributed by atoms with Crippen molar-refractivity contribution in [3.05, 3.63) is 0 Å². The minimum absolute atomic E-state index is 0.0356. The molecule has 16 radical (unpaired) electrons. The Hall–Kier alpha value is 13.4. The molecule has 4 heterocycles. The van der Waals surface area contributed by atoms with Gasteiger partial charge in [-0.15, -0.1) is 11.8 Å². The van der Waals surface area contributed by atoms with Gasteiger partial charge in [0.25, 0.3) is 0 Å². The molecule has 4 aliphatic rings. The normalized spacial score (nSPS) is 17.5. The van der Waals surface area contributed by atoms with Crippen molar-refractivity contribution in [2.24, 2.45) is 0 Å². The monoisotopic (exact) mass is 1870 g/mol. The molecule has 28 heteroatoms. The first-order valence-electron chi connectivity index (χ1n) is 13.3. The average Bonchev–Trinajstić information content (AvgIpc) is 2.95. The third-order valence-corrected chi connectivity index (χ3v) is 129. The summed E-state index contributed by atoms with van der Waals surface area (Å²) in [5.74, 6) is 3.92. The van der Waals surface area contributed by atoms with Crippen molar-refractivity contribution in [1.29, 1.82) is 0 Å². The van der Waals surface area contributed by atoms with Gasteiger partial charge in [0.05, 0.1) is 0 Å². The number of rotatable bonds is 17. The topological polar surface area (TPSA) is 0 Å². The van der Waals surface area contributed by atoms with E-state index < -0.39 is 0 Å². The molecule has 0 N–H and O–H groups in total. The van der Waals surface area contributed by atoms with Crippen LogP contribution >= 0.6 is 190 Å². The summed E-state index contributed by atoms with van der Waals surface area (Å²) in [6.45, 7) is 11.3. The van der Waals surface area contributed by atoms with Gasteiger partial charge in [0, 0.05) is 5.08 Å². The predicted octanol–water partition coefficient (Wildman–Crippen LogP) is 13.0. The van der Waals surface area contributed by atoms with E-state index in [9.17, 15) is 0 Å². The summed E-state index contributed by atoms with van der Waals surface area (Å²) in [7, 11) is 35.7. The van der Waals surface area contributed by atoms with Crippen LogP contribution in [0.1, 0.15) is 34.6 Å². The molecule has 4 rings (SSSR count). The number of hydrogen-bond donors (Lipinski definition) is 0. The van der Waals surface area contributed by atoms with Crippen LogP contribution < -0.4 is 0 Å². The fourth-order valence-corrected chi connectivity index (χ4v) is 162. The Morgan fingerprint density at radius 1 is 0.596 bits per heavy atom. The first kappa shape index (κ1) is 62.5. The molecule has 0 saturated carbocycles. The van der Waals surface area contributed by atoms with Gasteiger partial charge in [-0.2, -0.15) is 11.8 Å². The number of hydrogen-bond acceptors (Lipinski definition) is 20. The van der Waals surface area contributed by atoms with Gasteiger partial charge in [-0.05, 0) is 11.5 Å². The molecule has 1 spiro atoms. The Bertz CT molecular complexity index is 521. The second-order valence-electron chi connectivity index (χ2n) is 6.99. The molecule has 270 valence electrons. The second-order valence-corrected chi connectivity index (χ2v) is 104. The molecule has 0 amide bonds. The summed E-state index contributed by atoms with van der Waals surface area (Å²) < 4.78 is 1.65. The third-order valence-electron chi connectivity index (χ3n) is 3.25. The van der Waals surface area contributed by atoms with Crippen LogP contribution in [0.25, 0.3) is 0 Å². The minimum atomic E-state index is -0.168. The van der Waals surface area contributed by atoms with E-state index in [2.05, 4.69) is 202 Å². The van der Waals surface area contributed by atoms with Gasteiger partial charge in [-0.1, -0.05) is 13.8 Å². The molecule has 0 aliphatic carbocycles. The van der Waals surface area contributed by atoms with Crippen LogP contribution in [-0.4, -0.2) is 220 Å². The van der Waals surface area contributed by atoms with Gasteiger partial charge >= 0.3 is 391 Å². The standard InChI is InChI=1S/C5H12S2.C4H10S4.2C2H6S.CH4S4.3CH4S2.2CH4S.8Sn/c1-5(2)7-4-6-3;1-2-7-3-8-4(5)6;2*1-2-3;2-1(3,4)5;3*2-1-3;2*1-2;;;;;;;;/h5H,4H2,1-3H3;4-6H,2-3H2,1H3;2*3H,2H2,1H3;2-5H;3*2-3H,1H2;2*2H,1H3;;;;;;;;/q;;;;;;;;;;8*+2/p-16. The Morgan fingerprint density at radius 2 is 1.04 bits per heavy atom. The van der Waals surface area contributed by atoms with E-state index in [0.717, 1.165) is 11.9 Å². The van der Waals surface area contributed by atoms with Crippen LogP contribution in [0.2, 0.25) is 0 Å². The van der Waals surface area contributed by atoms with Gasteiger partial charge in [-0.25, -0.2) is 0 Å². The van der Waals surface area contributed by atoms with E-state index in [1.165, 1.54) is 42.7 Å². The Morgan fingerprint density at radius 3 is 1.28 bits per heavy atom. The Balaban J connectivity index is 0. The van der Waals surface area contributed by atoms with Crippen molar-refractivity contribution in [2.75, 3.05) is 61.5 Å². The molecule has 0 aromatic rings. The summed E-state index contributed by atoms with van der Waals surface area (Å²) in [5.41, 5.74) is 0. The fraction of sp³-hybridized carbons (Fsp3) is 1.00. The van der Waals surface area contributed by atoms with Gasteiger partial charge in [0.15, 0.2) is 0 Å². The molecule has 0 unspecified atom stereocenters. The zero-order valence-electron chi connectivity index (χ0n) is 27.5. The molecule has 0 bridgehead atoms. The first-order chi connectivity index (χ1) is 22.9. The van der Waals surface area contributed by atoms with Gasteiger partial charge in [0.1, 0.15) is 0 Å². The van der Waals surface area contributed by atoms with Gasteiger partial charge in [0.2, 0.25) is 0 Å². The molecule has 0 nitrogen and oxygen atoms in total. The number of thioether (sulfide) groups is 4. The molecule has 0 aromatic carbocycles. The van der Waals surface area contributed by atoms with Crippen molar-refractivity contribution in [1.82, 2.24) is 0 Å². The summed E-state index contributed by atoms with van der Waals surface area (Å²) in [6, 6.07) is 0. The van der Waals surface area contributed by atoms with Crippen LogP contribution in [0.4, 0.5) is 0 Å². The zero-order valence-corrected chi connectivity index (χ0v) is 66.6. The Labute approximate surface area is 433 Å². The summed E-state index contributed by atoms with van der Waals surface area (Å²) in [6.07, 6.45) is 6.50. The molecular formula is C19H42S20Sn8. The molecule has 4 saturated heterocycles. The maximum absolute atomic E-state index is 2.32. The molecule has 0 atom stereocenters. The van der Waals surface area contributed by atoms with Crippen molar-refractivity contribution in [3.8, 4) is 0 Å². The molecule has 4 fully saturated rings. The van der Waals surface area contributed by atoms with E-state index in [4.69, 9.17) is 0 Å². The first-order valence-corrected chi connectivity index (χ1v) is 89.2. The van der Waals surface area contributed by atoms with E-state index in [0.29, 0.717) is 0 Å². The van der Waals surface area contributed by atoms with E-state index in [1.54, 1.807) is 0 Å². The SMILES string of the molecule is C1[S][Sn][S]1.C1[S][Sn][S]C[S][Sn][S]1.CCSCSC([S][Sn][S]CC)[S][Sn][S]CC.CSCSC(C)C.C[S][Sn][S]C.[S]1[Sn][S]C12[S][Sn][S]2. The quantitative estimate of drug-likeness (QED) is 0.0770. The molecule has 0 aromatic heterocycles. The summed E-state index contributed by atoms with van der Waals surface area (Å²) >= 11 is 8.46. The van der Waals surface area contributed by atoms with Crippen molar-refractivity contribution >= 4 is 337 Å². The van der Waals surface area contributed by atoms with Crippen molar-refractivity contribution in [3.63, 3.8) is 0 Å². The molecular weight excluding hydrogens is 1820 g/mol. The summed E-state index contributed by atoms with van der Waals surface area (Å²) in [4.78, 5) is 0. The second kappa shape index (κ2) is 53.7. The van der Waals surface area contributed by atoms with E-state index in [-0.39, 0.29) is 147 Å². The van der Waals surface area contributed by atoms with E-state index in [1.807, 2.05) is 41.4 Å². The predicted molar refractivity (Wildman–Crippen MR) is 293 cm³/mol. The summed E-state index contributed by atoms with van der Waals surface area (Å²) in [5, 5.41) is 7.63. The van der Waals surface area contributed by atoms with Crippen molar-refractivity contribution in [2.45, 2.75) is 46.5 Å². The third kappa shape index (κ3) is 50.3. The Kier molecular flexibility index (Phi) is 71.4. The van der Waals surface area contributed by atoms with Crippen LogP contribution in [0.3, 0.4) is 0 Å². The van der Waals surface area contributed by atoms with Crippen LogP contribution in [-0.2, 0) is 0 Å². The van der Waals surface area contributed by atoms with Crippen LogP contribution in [0, 0.1) is 0 Å². The van der Waals surface area contributed by atoms with Crippen molar-refractivity contribution < 1.29 is 0 Å². The zero-order chi connectivity index (χ0) is 35.1. The van der Waals surface area contributed by atoms with Crippen LogP contribution in [0.5, 0.6) is 0 Å². The fourth-order valence-electron chi connectivity index (χ4n) is 1.43. The van der Waals surface area contributed by atoms with Crippen LogP contribution in [0.15, 0.2) is 0 Å². The van der Waals surface area contributed by atoms with Gasteiger partial charge < -0.3 is 0 Å².